The van der Waals surface area contributed by atoms with Gasteiger partial charge in [-0.3, -0.25) is 4.79 Å². The quantitative estimate of drug-likeness (QED) is 0.736. The molecule has 1 aliphatic rings. The molecule has 0 spiro atoms. The summed E-state index contributed by atoms with van der Waals surface area (Å²) in [5, 5.41) is 28.9. The van der Waals surface area contributed by atoms with Gasteiger partial charge in [0.05, 0.1) is 19.8 Å². The second kappa shape index (κ2) is 6.43. The molecule has 0 atom stereocenters. The molecule has 0 unspecified atom stereocenters. The van der Waals surface area contributed by atoms with E-state index in [2.05, 4.69) is 0 Å². The third kappa shape index (κ3) is 2.88. The first-order valence-corrected chi connectivity index (χ1v) is 7.73. The average molecular weight is 345 g/mol. The number of methoxy groups -OCH3 is 2. The first kappa shape index (κ1) is 16.8. The molecule has 2 aromatic rings. The van der Waals surface area contributed by atoms with Crippen LogP contribution in [0.15, 0.2) is 24.3 Å². The van der Waals surface area contributed by atoms with Crippen molar-refractivity contribution in [2.75, 3.05) is 20.8 Å². The molecule has 1 aliphatic heterocycles. The van der Waals surface area contributed by atoms with Crippen LogP contribution >= 0.6 is 0 Å². The molecule has 0 fully saturated rings. The monoisotopic (exact) mass is 345 g/mol. The van der Waals surface area contributed by atoms with Crippen molar-refractivity contribution >= 4 is 5.91 Å². The van der Waals surface area contributed by atoms with Crippen LogP contribution in [0.5, 0.6) is 28.7 Å². The predicted molar refractivity (Wildman–Crippen MR) is 89.4 cm³/mol. The smallest absolute Gasteiger partial charge is 0.258 e. The Labute approximate surface area is 144 Å². The van der Waals surface area contributed by atoms with Crippen molar-refractivity contribution < 1.29 is 29.6 Å². The number of benzene rings is 2. The highest BCUT2D eigenvalue weighted by atomic mass is 16.5. The Hall–Kier alpha value is -3.09. The SMILES string of the molecule is COc1cc2c(cc1OC)CN(C(=O)c1ccc(O)c(O)c1O)CC2. The Bertz CT molecular complexity index is 833. The van der Waals surface area contributed by atoms with Crippen molar-refractivity contribution in [3.63, 3.8) is 0 Å². The van der Waals surface area contributed by atoms with Gasteiger partial charge in [0.1, 0.15) is 0 Å². The number of phenols is 3. The zero-order chi connectivity index (χ0) is 18.1. The molecule has 0 bridgehead atoms. The summed E-state index contributed by atoms with van der Waals surface area (Å²) < 4.78 is 10.6. The van der Waals surface area contributed by atoms with Gasteiger partial charge in [-0.25, -0.2) is 0 Å². The Balaban J connectivity index is 1.90. The van der Waals surface area contributed by atoms with Crippen molar-refractivity contribution in [3.8, 4) is 28.7 Å². The molecule has 3 N–H and O–H groups in total. The molecular weight excluding hydrogens is 326 g/mol. The number of amides is 1. The van der Waals surface area contributed by atoms with Crippen LogP contribution in [-0.4, -0.2) is 46.9 Å². The zero-order valence-electron chi connectivity index (χ0n) is 13.9. The van der Waals surface area contributed by atoms with Crippen LogP contribution in [0.4, 0.5) is 0 Å². The topological polar surface area (TPSA) is 99.5 Å². The summed E-state index contributed by atoms with van der Waals surface area (Å²) in [7, 11) is 3.12. The average Bonchev–Trinajstić information content (AvgIpc) is 2.64. The first-order chi connectivity index (χ1) is 12.0. The molecule has 0 saturated heterocycles. The first-order valence-electron chi connectivity index (χ1n) is 7.73. The van der Waals surface area contributed by atoms with Crippen LogP contribution in [0.3, 0.4) is 0 Å². The number of nitrogens with zero attached hydrogens (tertiary/aromatic N) is 1. The number of phenolic OH excluding ortho intramolecular Hbond substituents is 3. The fourth-order valence-electron chi connectivity index (χ4n) is 2.97. The van der Waals surface area contributed by atoms with Crippen LogP contribution < -0.4 is 9.47 Å². The predicted octanol–water partition coefficient (Wildman–Crippen LogP) is 2.02. The molecule has 1 amide bonds. The Kier molecular flexibility index (Phi) is 4.31. The van der Waals surface area contributed by atoms with E-state index >= 15 is 0 Å². The van der Waals surface area contributed by atoms with Gasteiger partial charge in [0, 0.05) is 13.1 Å². The van der Waals surface area contributed by atoms with Gasteiger partial charge in [-0.2, -0.15) is 0 Å². The van der Waals surface area contributed by atoms with Crippen LogP contribution in [0.2, 0.25) is 0 Å². The van der Waals surface area contributed by atoms with E-state index in [9.17, 15) is 20.1 Å². The van der Waals surface area contributed by atoms with E-state index in [1.165, 1.54) is 12.1 Å². The molecule has 0 radical (unpaired) electrons. The highest BCUT2D eigenvalue weighted by Gasteiger charge is 2.26. The maximum absolute atomic E-state index is 12.7. The Morgan fingerprint density at radius 1 is 1.00 bits per heavy atom. The lowest BCUT2D eigenvalue weighted by atomic mass is 9.98. The van der Waals surface area contributed by atoms with Gasteiger partial charge in [-0.05, 0) is 41.8 Å². The van der Waals surface area contributed by atoms with Gasteiger partial charge in [0.15, 0.2) is 23.0 Å². The summed E-state index contributed by atoms with van der Waals surface area (Å²) in [5.74, 6) is -0.997. The standard InChI is InChI=1S/C18H19NO6/c1-24-14-7-10-5-6-19(9-11(10)8-15(14)25-2)18(23)12-3-4-13(20)17(22)16(12)21/h3-4,7-8,20-22H,5-6,9H2,1-2H3. The second-order valence-corrected chi connectivity index (χ2v) is 5.78. The molecule has 2 aromatic carbocycles. The number of fused-ring (bicyclic) bond motifs is 1. The molecule has 1 heterocycles. The number of carbonyl (C=O) groups excluding carboxylic acids is 1. The third-order valence-corrected chi connectivity index (χ3v) is 4.37. The van der Waals surface area contributed by atoms with E-state index in [1.807, 2.05) is 12.1 Å². The number of aromatic hydroxyl groups is 3. The zero-order valence-corrected chi connectivity index (χ0v) is 13.9. The summed E-state index contributed by atoms with van der Waals surface area (Å²) >= 11 is 0. The van der Waals surface area contributed by atoms with Gasteiger partial charge < -0.3 is 29.7 Å². The Morgan fingerprint density at radius 2 is 1.64 bits per heavy atom. The highest BCUT2D eigenvalue weighted by molar-refractivity contribution is 5.98. The summed E-state index contributed by atoms with van der Waals surface area (Å²) in [6.45, 7) is 0.804. The van der Waals surface area contributed by atoms with Gasteiger partial charge >= 0.3 is 0 Å². The van der Waals surface area contributed by atoms with E-state index in [4.69, 9.17) is 9.47 Å². The molecule has 3 rings (SSSR count). The molecule has 0 saturated carbocycles. The number of carbonyl (C=O) groups is 1. The maximum atomic E-state index is 12.7. The molecule has 0 aromatic heterocycles. The summed E-state index contributed by atoms with van der Waals surface area (Å²) in [6, 6.07) is 6.20. The fourth-order valence-corrected chi connectivity index (χ4v) is 2.97. The van der Waals surface area contributed by atoms with Crippen molar-refractivity contribution in [1.29, 1.82) is 0 Å². The normalized spacial score (nSPS) is 13.3. The Morgan fingerprint density at radius 3 is 2.28 bits per heavy atom. The van der Waals surface area contributed by atoms with E-state index < -0.39 is 23.2 Å². The van der Waals surface area contributed by atoms with Crippen molar-refractivity contribution in [2.45, 2.75) is 13.0 Å². The number of rotatable bonds is 3. The van der Waals surface area contributed by atoms with E-state index in [1.54, 1.807) is 19.1 Å². The lowest BCUT2D eigenvalue weighted by Crippen LogP contribution is -2.36. The summed E-state index contributed by atoms with van der Waals surface area (Å²) in [5.41, 5.74) is 1.94. The van der Waals surface area contributed by atoms with Crippen LogP contribution in [0.25, 0.3) is 0 Å². The summed E-state index contributed by atoms with van der Waals surface area (Å²) in [6.07, 6.45) is 0.631. The molecule has 7 heteroatoms. The van der Waals surface area contributed by atoms with Crippen molar-refractivity contribution in [3.05, 3.63) is 41.0 Å². The minimum atomic E-state index is -0.699. The number of hydrogen-bond acceptors (Lipinski definition) is 6. The lowest BCUT2D eigenvalue weighted by molar-refractivity contribution is 0.0730. The van der Waals surface area contributed by atoms with Crippen LogP contribution in [-0.2, 0) is 13.0 Å². The molecule has 132 valence electrons. The molecule has 0 aliphatic carbocycles. The van der Waals surface area contributed by atoms with Gasteiger partial charge in [-0.15, -0.1) is 0 Å². The number of hydrogen-bond donors (Lipinski definition) is 3. The molecule has 25 heavy (non-hydrogen) atoms. The minimum absolute atomic E-state index is 0.0563. The highest BCUT2D eigenvalue weighted by Crippen LogP contribution is 2.38. The summed E-state index contributed by atoms with van der Waals surface area (Å²) in [4.78, 5) is 14.3. The van der Waals surface area contributed by atoms with Gasteiger partial charge in [0.25, 0.3) is 5.91 Å². The second-order valence-electron chi connectivity index (χ2n) is 5.78. The van der Waals surface area contributed by atoms with E-state index in [0.29, 0.717) is 31.0 Å². The van der Waals surface area contributed by atoms with Crippen molar-refractivity contribution in [1.82, 2.24) is 4.90 Å². The van der Waals surface area contributed by atoms with Crippen LogP contribution in [0, 0.1) is 0 Å². The van der Waals surface area contributed by atoms with E-state index in [-0.39, 0.29) is 5.56 Å². The largest absolute Gasteiger partial charge is 0.504 e. The minimum Gasteiger partial charge on any atom is -0.504 e. The van der Waals surface area contributed by atoms with Gasteiger partial charge in [0.2, 0.25) is 5.75 Å². The lowest BCUT2D eigenvalue weighted by Gasteiger charge is -2.30. The van der Waals surface area contributed by atoms with Crippen LogP contribution in [0.1, 0.15) is 21.5 Å². The third-order valence-electron chi connectivity index (χ3n) is 4.37. The van der Waals surface area contributed by atoms with Gasteiger partial charge in [-0.1, -0.05) is 0 Å². The molecular formula is C18H19NO6. The van der Waals surface area contributed by atoms with Crippen molar-refractivity contribution in [2.24, 2.45) is 0 Å². The molecule has 7 nitrogen and oxygen atoms in total. The fraction of sp³-hybridized carbons (Fsp3) is 0.278. The number of ether oxygens (including phenoxy) is 2. The maximum Gasteiger partial charge on any atom is 0.258 e. The van der Waals surface area contributed by atoms with E-state index in [0.717, 1.165) is 11.1 Å².